The molecule has 0 aromatic carbocycles. The van der Waals surface area contributed by atoms with E-state index in [1.165, 1.54) is 18.3 Å². The summed E-state index contributed by atoms with van der Waals surface area (Å²) in [6, 6.07) is 2.51. The van der Waals surface area contributed by atoms with E-state index in [1.807, 2.05) is 0 Å². The number of hydrogen-bond donors (Lipinski definition) is 0. The lowest BCUT2D eigenvalue weighted by molar-refractivity contribution is -0.108. The first-order chi connectivity index (χ1) is 5.24. The van der Waals surface area contributed by atoms with Gasteiger partial charge in [0.1, 0.15) is 12.1 Å². The molecule has 0 aliphatic carbocycles. The van der Waals surface area contributed by atoms with E-state index in [4.69, 9.17) is 0 Å². The predicted molar refractivity (Wildman–Crippen MR) is 38.7 cm³/mol. The van der Waals surface area contributed by atoms with E-state index in [-0.39, 0.29) is 11.7 Å². The average Bonchev–Trinajstić information content (AvgIpc) is 2.03. The number of carbonyl (C=O) groups excluding carboxylic acids is 1. The topological polar surface area (TPSA) is 30.0 Å². The second-order valence-corrected chi connectivity index (χ2v) is 2.32. The Morgan fingerprint density at radius 3 is 3.00 bits per heavy atom. The van der Waals surface area contributed by atoms with Crippen LogP contribution in [-0.2, 0) is 4.79 Å². The minimum atomic E-state index is -0.358. The Kier molecular flexibility index (Phi) is 2.31. The second-order valence-electron chi connectivity index (χ2n) is 2.32. The third-order valence-electron chi connectivity index (χ3n) is 1.41. The van der Waals surface area contributed by atoms with Crippen LogP contribution in [0.2, 0.25) is 0 Å². The molecule has 0 bridgehead atoms. The maximum atomic E-state index is 12.5. The van der Waals surface area contributed by atoms with E-state index in [0.717, 1.165) is 6.29 Å². The van der Waals surface area contributed by atoms with E-state index < -0.39 is 0 Å². The molecule has 1 aromatic rings. The zero-order chi connectivity index (χ0) is 8.27. The third kappa shape index (κ3) is 1.83. The molecule has 11 heavy (non-hydrogen) atoms. The predicted octanol–water partition coefficient (Wildman–Crippen LogP) is 1.52. The van der Waals surface area contributed by atoms with Crippen molar-refractivity contribution < 1.29 is 9.18 Å². The van der Waals surface area contributed by atoms with Gasteiger partial charge < -0.3 is 4.79 Å². The van der Waals surface area contributed by atoms with Gasteiger partial charge in [-0.05, 0) is 12.1 Å². The lowest BCUT2D eigenvalue weighted by Gasteiger charge is -2.00. The number of pyridine rings is 1. The first kappa shape index (κ1) is 7.85. The van der Waals surface area contributed by atoms with Gasteiger partial charge >= 0.3 is 0 Å². The Bertz CT molecular complexity index is 262. The molecule has 0 aliphatic rings. The molecule has 1 unspecified atom stereocenters. The molecule has 0 radical (unpaired) electrons. The Hall–Kier alpha value is -1.25. The molecule has 0 aliphatic heterocycles. The van der Waals surface area contributed by atoms with Crippen LogP contribution in [0, 0.1) is 5.82 Å². The molecular weight excluding hydrogens is 145 g/mol. The highest BCUT2D eigenvalue weighted by Gasteiger charge is 2.04. The van der Waals surface area contributed by atoms with E-state index >= 15 is 0 Å². The molecule has 0 saturated carbocycles. The van der Waals surface area contributed by atoms with Crippen molar-refractivity contribution in [3.8, 4) is 0 Å². The molecule has 0 saturated heterocycles. The summed E-state index contributed by atoms with van der Waals surface area (Å²) in [6.07, 6.45) is 2.09. The van der Waals surface area contributed by atoms with Gasteiger partial charge in [-0.3, -0.25) is 4.98 Å². The van der Waals surface area contributed by atoms with Crippen molar-refractivity contribution in [1.29, 1.82) is 0 Å². The maximum Gasteiger partial charge on any atom is 0.128 e. The van der Waals surface area contributed by atoms with E-state index in [9.17, 15) is 9.18 Å². The Labute approximate surface area is 64.1 Å². The monoisotopic (exact) mass is 153 g/mol. The standard InChI is InChI=1S/C8H8FNO/c1-6(5-11)8-4-7(9)2-3-10-8/h2-6H,1H3. The number of rotatable bonds is 2. The number of aromatic nitrogens is 1. The third-order valence-corrected chi connectivity index (χ3v) is 1.41. The second kappa shape index (κ2) is 3.23. The van der Waals surface area contributed by atoms with Crippen LogP contribution >= 0.6 is 0 Å². The molecule has 1 aromatic heterocycles. The number of nitrogens with zero attached hydrogens (tertiary/aromatic N) is 1. The quantitative estimate of drug-likeness (QED) is 0.603. The fourth-order valence-electron chi connectivity index (χ4n) is 0.740. The molecule has 1 heterocycles. The molecule has 2 nitrogen and oxygen atoms in total. The van der Waals surface area contributed by atoms with Crippen molar-refractivity contribution in [3.63, 3.8) is 0 Å². The Balaban J connectivity index is 2.95. The van der Waals surface area contributed by atoms with Gasteiger partial charge in [0.05, 0.1) is 11.6 Å². The van der Waals surface area contributed by atoms with Crippen LogP contribution in [0.1, 0.15) is 18.5 Å². The molecule has 1 rings (SSSR count). The molecule has 0 N–H and O–H groups in total. The van der Waals surface area contributed by atoms with Crippen LogP contribution in [0.15, 0.2) is 18.3 Å². The van der Waals surface area contributed by atoms with Crippen molar-refractivity contribution in [2.24, 2.45) is 0 Å². The van der Waals surface area contributed by atoms with Crippen molar-refractivity contribution >= 4 is 6.29 Å². The van der Waals surface area contributed by atoms with Crippen molar-refractivity contribution in [1.82, 2.24) is 4.98 Å². The maximum absolute atomic E-state index is 12.5. The van der Waals surface area contributed by atoms with Crippen LogP contribution < -0.4 is 0 Å². The van der Waals surface area contributed by atoms with Crippen molar-refractivity contribution in [2.45, 2.75) is 12.8 Å². The fraction of sp³-hybridized carbons (Fsp3) is 0.250. The number of hydrogen-bond acceptors (Lipinski definition) is 2. The SMILES string of the molecule is CC(C=O)c1cc(F)ccn1. The summed E-state index contributed by atoms with van der Waals surface area (Å²) in [6.45, 7) is 1.68. The van der Waals surface area contributed by atoms with Crippen LogP contribution in [-0.4, -0.2) is 11.3 Å². The number of carbonyl (C=O) groups is 1. The lowest BCUT2D eigenvalue weighted by atomic mass is 10.1. The zero-order valence-corrected chi connectivity index (χ0v) is 6.12. The highest BCUT2D eigenvalue weighted by molar-refractivity contribution is 5.59. The van der Waals surface area contributed by atoms with Gasteiger partial charge in [-0.25, -0.2) is 4.39 Å². The van der Waals surface area contributed by atoms with Gasteiger partial charge in [-0.15, -0.1) is 0 Å². The summed E-state index contributed by atoms with van der Waals surface area (Å²) in [5.41, 5.74) is 0.472. The lowest BCUT2D eigenvalue weighted by Crippen LogP contribution is -1.97. The summed E-state index contributed by atoms with van der Waals surface area (Å²) in [4.78, 5) is 14.1. The van der Waals surface area contributed by atoms with Crippen LogP contribution in [0.25, 0.3) is 0 Å². The van der Waals surface area contributed by atoms with Crippen molar-refractivity contribution in [3.05, 3.63) is 29.8 Å². The normalized spacial score (nSPS) is 12.5. The van der Waals surface area contributed by atoms with E-state index in [0.29, 0.717) is 5.69 Å². The first-order valence-electron chi connectivity index (χ1n) is 3.31. The van der Waals surface area contributed by atoms with Crippen LogP contribution in [0.5, 0.6) is 0 Å². The molecule has 1 atom stereocenters. The molecule has 0 fully saturated rings. The highest BCUT2D eigenvalue weighted by atomic mass is 19.1. The van der Waals surface area contributed by atoms with Crippen LogP contribution in [0.4, 0.5) is 4.39 Å². The summed E-state index contributed by atoms with van der Waals surface area (Å²) < 4.78 is 12.5. The van der Waals surface area contributed by atoms with Gasteiger partial charge in [0.15, 0.2) is 0 Å². The van der Waals surface area contributed by atoms with Gasteiger partial charge in [-0.2, -0.15) is 0 Å². The molecular formula is C8H8FNO. The fourth-order valence-corrected chi connectivity index (χ4v) is 0.740. The van der Waals surface area contributed by atoms with Gasteiger partial charge in [0.2, 0.25) is 0 Å². The molecule has 0 spiro atoms. The Morgan fingerprint density at radius 1 is 1.73 bits per heavy atom. The summed E-state index contributed by atoms with van der Waals surface area (Å²) >= 11 is 0. The Morgan fingerprint density at radius 2 is 2.45 bits per heavy atom. The van der Waals surface area contributed by atoms with Gasteiger partial charge in [-0.1, -0.05) is 6.92 Å². The highest BCUT2D eigenvalue weighted by Crippen LogP contribution is 2.09. The minimum Gasteiger partial charge on any atom is -0.303 e. The van der Waals surface area contributed by atoms with Gasteiger partial charge in [0, 0.05) is 6.20 Å². The summed E-state index contributed by atoms with van der Waals surface area (Å²) in [5.74, 6) is -0.686. The first-order valence-corrected chi connectivity index (χ1v) is 3.31. The zero-order valence-electron chi connectivity index (χ0n) is 6.12. The number of aldehydes is 1. The average molecular weight is 153 g/mol. The number of halogens is 1. The van der Waals surface area contributed by atoms with Gasteiger partial charge in [0.25, 0.3) is 0 Å². The van der Waals surface area contributed by atoms with Crippen LogP contribution in [0.3, 0.4) is 0 Å². The van der Waals surface area contributed by atoms with E-state index in [1.54, 1.807) is 6.92 Å². The molecule has 3 heteroatoms. The van der Waals surface area contributed by atoms with E-state index in [2.05, 4.69) is 4.98 Å². The molecule has 0 amide bonds. The summed E-state index contributed by atoms with van der Waals surface area (Å²) in [5, 5.41) is 0. The summed E-state index contributed by atoms with van der Waals surface area (Å²) in [7, 11) is 0. The molecule has 58 valence electrons. The largest absolute Gasteiger partial charge is 0.303 e. The minimum absolute atomic E-state index is 0.328. The van der Waals surface area contributed by atoms with Crippen molar-refractivity contribution in [2.75, 3.05) is 0 Å². The smallest absolute Gasteiger partial charge is 0.128 e.